The van der Waals surface area contributed by atoms with E-state index in [1.807, 2.05) is 0 Å². The second-order valence-corrected chi connectivity index (χ2v) is 9.69. The van der Waals surface area contributed by atoms with Crippen LogP contribution in [-0.2, 0) is 9.53 Å². The van der Waals surface area contributed by atoms with Gasteiger partial charge in [-0.3, -0.25) is 0 Å². The van der Waals surface area contributed by atoms with Gasteiger partial charge in [-0.25, -0.2) is 4.79 Å². The van der Waals surface area contributed by atoms with Crippen molar-refractivity contribution in [3.63, 3.8) is 0 Å². The molecule has 31 heavy (non-hydrogen) atoms. The van der Waals surface area contributed by atoms with Gasteiger partial charge >= 0.3 is 5.97 Å². The van der Waals surface area contributed by atoms with Crippen LogP contribution in [-0.4, -0.2) is 12.6 Å². The van der Waals surface area contributed by atoms with Crippen molar-refractivity contribution in [1.82, 2.24) is 0 Å². The molecule has 0 heterocycles. The molecule has 0 rings (SSSR count). The molecule has 2 heteroatoms. The summed E-state index contributed by atoms with van der Waals surface area (Å²) in [5.74, 6) is -0.251. The van der Waals surface area contributed by atoms with E-state index in [0.717, 1.165) is 6.42 Å². The molecule has 0 aliphatic heterocycles. The van der Waals surface area contributed by atoms with Gasteiger partial charge < -0.3 is 4.74 Å². The van der Waals surface area contributed by atoms with Crippen LogP contribution in [0.3, 0.4) is 0 Å². The first-order valence-corrected chi connectivity index (χ1v) is 14.0. The predicted octanol–water partition coefficient (Wildman–Crippen LogP) is 10.1. The lowest BCUT2D eigenvalue weighted by atomic mass is 10.0. The highest BCUT2D eigenvalue weighted by atomic mass is 16.5. The molecule has 0 aromatic carbocycles. The Morgan fingerprint density at radius 1 is 0.516 bits per heavy atom. The molecule has 2 nitrogen and oxygen atoms in total. The fourth-order valence-electron chi connectivity index (χ4n) is 4.18. The number of esters is 1. The molecule has 0 aromatic heterocycles. The lowest BCUT2D eigenvalue weighted by Gasteiger charge is -2.05. The third kappa shape index (κ3) is 25.3. The average molecular weight is 437 g/mol. The van der Waals surface area contributed by atoms with E-state index in [4.69, 9.17) is 4.74 Å². The molecule has 0 atom stereocenters. The Morgan fingerprint density at radius 2 is 0.774 bits per heavy atom. The summed E-state index contributed by atoms with van der Waals surface area (Å²) in [5, 5.41) is 0. The number of hydrogen-bond acceptors (Lipinski definition) is 2. The lowest BCUT2D eigenvalue weighted by molar-refractivity contribution is -0.139. The first-order chi connectivity index (χ1) is 15.2. The van der Waals surface area contributed by atoms with Crippen LogP contribution in [0.4, 0.5) is 0 Å². The largest absolute Gasteiger partial charge is 0.462 e. The highest BCUT2D eigenvalue weighted by Gasteiger charge is 2.01. The Balaban J connectivity index is 3.05. The third-order valence-corrected chi connectivity index (χ3v) is 6.33. The molecular formula is C29H56O2. The van der Waals surface area contributed by atoms with Gasteiger partial charge in [-0.15, -0.1) is 0 Å². The summed E-state index contributed by atoms with van der Waals surface area (Å²) >= 11 is 0. The summed E-state index contributed by atoms with van der Waals surface area (Å²) in [6.07, 6.45) is 32.1. The zero-order valence-electron chi connectivity index (χ0n) is 21.5. The Bertz CT molecular complexity index is 388. The smallest absolute Gasteiger partial charge is 0.333 e. The number of carbonyl (C=O) groups excluding carboxylic acids is 1. The second kappa shape index (κ2) is 25.5. The zero-order chi connectivity index (χ0) is 22.8. The van der Waals surface area contributed by atoms with Crippen molar-refractivity contribution in [2.45, 2.75) is 162 Å². The maximum absolute atomic E-state index is 11.2. The molecule has 0 aliphatic rings. The van der Waals surface area contributed by atoms with E-state index in [1.165, 1.54) is 141 Å². The summed E-state index contributed by atoms with van der Waals surface area (Å²) in [5.41, 5.74) is 0.495. The maximum Gasteiger partial charge on any atom is 0.333 e. The number of rotatable bonds is 25. The molecule has 0 radical (unpaired) electrons. The van der Waals surface area contributed by atoms with Crippen LogP contribution in [0.1, 0.15) is 162 Å². The molecule has 0 amide bonds. The Hall–Kier alpha value is -0.790. The summed E-state index contributed by atoms with van der Waals surface area (Å²) in [6, 6.07) is 0. The van der Waals surface area contributed by atoms with E-state index in [0.29, 0.717) is 12.2 Å². The molecule has 0 fully saturated rings. The molecule has 184 valence electrons. The number of ether oxygens (including phenoxy) is 1. The van der Waals surface area contributed by atoms with E-state index < -0.39 is 0 Å². The molecule has 0 N–H and O–H groups in total. The minimum atomic E-state index is -0.251. The summed E-state index contributed by atoms with van der Waals surface area (Å²) in [6.45, 7) is 8.13. The Labute approximate surface area is 196 Å². The van der Waals surface area contributed by atoms with Crippen LogP contribution in [0.15, 0.2) is 12.2 Å². The predicted molar refractivity (Wildman–Crippen MR) is 138 cm³/mol. The molecule has 0 saturated heterocycles. The molecule has 0 spiro atoms. The maximum atomic E-state index is 11.2. The van der Waals surface area contributed by atoms with Gasteiger partial charge in [-0.05, 0) is 13.3 Å². The van der Waals surface area contributed by atoms with Crippen molar-refractivity contribution < 1.29 is 9.53 Å². The monoisotopic (exact) mass is 436 g/mol. The number of carbonyl (C=O) groups is 1. The van der Waals surface area contributed by atoms with Crippen molar-refractivity contribution in [2.24, 2.45) is 0 Å². The lowest BCUT2D eigenvalue weighted by Crippen LogP contribution is -2.05. The summed E-state index contributed by atoms with van der Waals surface area (Å²) in [4.78, 5) is 11.2. The third-order valence-electron chi connectivity index (χ3n) is 6.33. The van der Waals surface area contributed by atoms with Crippen LogP contribution in [0.25, 0.3) is 0 Å². The highest BCUT2D eigenvalue weighted by Crippen LogP contribution is 2.15. The molecule has 0 aliphatic carbocycles. The van der Waals surface area contributed by atoms with Gasteiger partial charge in [-0.2, -0.15) is 0 Å². The zero-order valence-corrected chi connectivity index (χ0v) is 21.5. The topological polar surface area (TPSA) is 26.3 Å². The minimum absolute atomic E-state index is 0.251. The second-order valence-electron chi connectivity index (χ2n) is 9.69. The fraction of sp³-hybridized carbons (Fsp3) is 0.897. The number of hydrogen-bond donors (Lipinski definition) is 0. The molecule has 0 saturated carbocycles. The van der Waals surface area contributed by atoms with Crippen molar-refractivity contribution >= 4 is 5.97 Å². The molecule has 0 bridgehead atoms. The average Bonchev–Trinajstić information content (AvgIpc) is 2.76. The molecular weight excluding hydrogens is 380 g/mol. The van der Waals surface area contributed by atoms with Gasteiger partial charge in [0, 0.05) is 5.57 Å². The van der Waals surface area contributed by atoms with Crippen molar-refractivity contribution in [1.29, 1.82) is 0 Å². The van der Waals surface area contributed by atoms with Crippen molar-refractivity contribution in [3.8, 4) is 0 Å². The first-order valence-electron chi connectivity index (χ1n) is 14.0. The Morgan fingerprint density at radius 3 is 1.03 bits per heavy atom. The SMILES string of the molecule is C=C(C)C(=O)OCCCCCCCCCCCCCCCCCCCCCCCCC. The van der Waals surface area contributed by atoms with Crippen molar-refractivity contribution in [2.75, 3.05) is 6.61 Å². The van der Waals surface area contributed by atoms with Gasteiger partial charge in [-0.1, -0.05) is 155 Å². The van der Waals surface area contributed by atoms with E-state index in [2.05, 4.69) is 13.5 Å². The Kier molecular flexibility index (Phi) is 24.8. The van der Waals surface area contributed by atoms with E-state index in [1.54, 1.807) is 6.92 Å². The highest BCUT2D eigenvalue weighted by molar-refractivity contribution is 5.86. The van der Waals surface area contributed by atoms with E-state index in [-0.39, 0.29) is 5.97 Å². The number of unbranched alkanes of at least 4 members (excludes halogenated alkanes) is 22. The first kappa shape index (κ1) is 30.2. The van der Waals surface area contributed by atoms with Crippen LogP contribution in [0.2, 0.25) is 0 Å². The summed E-state index contributed by atoms with van der Waals surface area (Å²) < 4.78 is 5.11. The van der Waals surface area contributed by atoms with Crippen molar-refractivity contribution in [3.05, 3.63) is 12.2 Å². The minimum Gasteiger partial charge on any atom is -0.462 e. The van der Waals surface area contributed by atoms with Crippen LogP contribution < -0.4 is 0 Å². The molecule has 0 aromatic rings. The van der Waals surface area contributed by atoms with Gasteiger partial charge in [0.25, 0.3) is 0 Å². The standard InChI is InChI=1S/C29H56O2/c1-4-5-6-7-8-9-10-11-12-13-14-15-16-17-18-19-20-21-22-23-24-25-26-27-31-29(30)28(2)3/h2,4-27H2,1,3H3. The fourth-order valence-corrected chi connectivity index (χ4v) is 4.18. The van der Waals surface area contributed by atoms with Crippen LogP contribution in [0, 0.1) is 0 Å². The van der Waals surface area contributed by atoms with E-state index in [9.17, 15) is 4.79 Å². The summed E-state index contributed by atoms with van der Waals surface area (Å²) in [7, 11) is 0. The normalized spacial score (nSPS) is 11.0. The van der Waals surface area contributed by atoms with Gasteiger partial charge in [0.15, 0.2) is 0 Å². The quantitative estimate of drug-likeness (QED) is 0.0808. The van der Waals surface area contributed by atoms with Crippen LogP contribution in [0.5, 0.6) is 0 Å². The molecule has 0 unspecified atom stereocenters. The van der Waals surface area contributed by atoms with Crippen LogP contribution >= 0.6 is 0 Å². The van der Waals surface area contributed by atoms with Gasteiger partial charge in [0.2, 0.25) is 0 Å². The van der Waals surface area contributed by atoms with Gasteiger partial charge in [0.1, 0.15) is 0 Å². The van der Waals surface area contributed by atoms with Gasteiger partial charge in [0.05, 0.1) is 6.61 Å². The van der Waals surface area contributed by atoms with E-state index >= 15 is 0 Å².